The first-order valence-electron chi connectivity index (χ1n) is 8.30. The van der Waals surface area contributed by atoms with Gasteiger partial charge in [0.25, 0.3) is 4.90 Å². The fraction of sp³-hybridized carbons (Fsp3) is 0.333. The highest BCUT2D eigenvalue weighted by atomic mass is 32.3. The molecule has 25 heavy (non-hydrogen) atoms. The van der Waals surface area contributed by atoms with Crippen LogP contribution in [0, 0.1) is 0 Å². The van der Waals surface area contributed by atoms with E-state index in [9.17, 15) is 8.76 Å². The third-order valence-corrected chi connectivity index (χ3v) is 5.72. The molecule has 1 saturated carbocycles. The molecule has 0 heterocycles. The summed E-state index contributed by atoms with van der Waals surface area (Å²) in [6.45, 7) is 0. The molecule has 1 aliphatic carbocycles. The van der Waals surface area contributed by atoms with Crippen molar-refractivity contribution in [3.63, 3.8) is 0 Å². The summed E-state index contributed by atoms with van der Waals surface area (Å²) in [4.78, 5) is -0.216. The Hall–Kier alpha value is -1.93. The molecule has 6 nitrogen and oxygen atoms in total. The van der Waals surface area contributed by atoms with Gasteiger partial charge in [-0.1, -0.05) is 31.4 Å². The highest BCUT2D eigenvalue weighted by Crippen LogP contribution is 2.35. The first-order valence-corrected chi connectivity index (χ1v) is 9.71. The first-order chi connectivity index (χ1) is 12.0. The van der Waals surface area contributed by atoms with Gasteiger partial charge in [-0.15, -0.1) is 0 Å². The van der Waals surface area contributed by atoms with Crippen molar-refractivity contribution in [1.29, 1.82) is 0 Å². The molecule has 2 aromatic carbocycles. The zero-order valence-corrected chi connectivity index (χ0v) is 14.7. The number of anilines is 1. The Bertz CT molecular complexity index is 773. The van der Waals surface area contributed by atoms with Crippen LogP contribution in [0.25, 0.3) is 0 Å². The Morgan fingerprint density at radius 2 is 1.60 bits per heavy atom. The van der Waals surface area contributed by atoms with Crippen LogP contribution in [0.3, 0.4) is 0 Å². The van der Waals surface area contributed by atoms with Crippen LogP contribution in [0.15, 0.2) is 47.4 Å². The topological polar surface area (TPSA) is 107 Å². The fourth-order valence-electron chi connectivity index (χ4n) is 3.23. The molecule has 0 saturated heterocycles. The van der Waals surface area contributed by atoms with Crippen molar-refractivity contribution >= 4 is 16.2 Å². The van der Waals surface area contributed by atoms with Gasteiger partial charge in [0.15, 0.2) is 0 Å². The van der Waals surface area contributed by atoms with E-state index in [1.165, 1.54) is 49.8 Å². The first kappa shape index (κ1) is 17.9. The average molecular weight is 362 g/mol. The minimum absolute atomic E-state index is 0.0467. The highest BCUT2D eigenvalue weighted by Gasteiger charge is 2.37. The van der Waals surface area contributed by atoms with Gasteiger partial charge in [0.05, 0.1) is 10.2 Å². The number of benzene rings is 2. The standard InChI is InChI=1S/C18H22N2O4S/c19-17-11-10-16(12-18(17)25(21,22)24-20)23-15-8-6-14(7-9-15)13-4-2-1-3-5-13/h6-13H,1-5,19-20H2/q+1. The van der Waals surface area contributed by atoms with Crippen LogP contribution >= 0.6 is 0 Å². The van der Waals surface area contributed by atoms with Gasteiger partial charge in [-0.25, -0.2) is 0 Å². The molecule has 133 valence electrons. The van der Waals surface area contributed by atoms with Gasteiger partial charge < -0.3 is 10.5 Å². The van der Waals surface area contributed by atoms with Crippen LogP contribution in [0.2, 0.25) is 0 Å². The van der Waals surface area contributed by atoms with Crippen LogP contribution < -0.4 is 16.4 Å². The molecule has 0 aliphatic heterocycles. The highest BCUT2D eigenvalue weighted by molar-refractivity contribution is 7.93. The zero-order valence-electron chi connectivity index (χ0n) is 13.9. The minimum Gasteiger partial charge on any atom is -0.457 e. The van der Waals surface area contributed by atoms with Gasteiger partial charge >= 0.3 is 10.5 Å². The molecule has 1 atom stereocenters. The summed E-state index contributed by atoms with van der Waals surface area (Å²) < 4.78 is 33.3. The number of hydrogen-bond acceptors (Lipinski definition) is 5. The summed E-state index contributed by atoms with van der Waals surface area (Å²) in [7, 11) is -4.09. The summed E-state index contributed by atoms with van der Waals surface area (Å²) in [6, 6.07) is 12.3. The molecule has 0 amide bonds. The fourth-order valence-corrected chi connectivity index (χ4v) is 3.95. The average Bonchev–Trinajstić information content (AvgIpc) is 2.64. The van der Waals surface area contributed by atoms with Gasteiger partial charge in [-0.05, 0) is 57.1 Å². The summed E-state index contributed by atoms with van der Waals surface area (Å²) >= 11 is 0. The van der Waals surface area contributed by atoms with Crippen LogP contribution in [0.4, 0.5) is 5.69 Å². The van der Waals surface area contributed by atoms with Crippen molar-refractivity contribution in [3.8, 4) is 11.5 Å². The Kier molecular flexibility index (Phi) is 5.39. The van der Waals surface area contributed by atoms with Crippen molar-refractivity contribution in [2.45, 2.75) is 42.9 Å². The number of nitrogen functional groups attached to an aromatic ring is 1. The van der Waals surface area contributed by atoms with Crippen LogP contribution in [0.1, 0.15) is 43.6 Å². The molecular weight excluding hydrogens is 340 g/mol. The molecule has 7 heteroatoms. The van der Waals surface area contributed by atoms with Crippen LogP contribution in [-0.4, -0.2) is 0 Å². The summed E-state index contributed by atoms with van der Waals surface area (Å²) in [6.07, 6.45) is 6.37. The van der Waals surface area contributed by atoms with E-state index in [4.69, 9.17) is 16.4 Å². The molecule has 2 aromatic rings. The second-order valence-corrected chi connectivity index (χ2v) is 7.80. The van der Waals surface area contributed by atoms with Gasteiger partial charge in [-0.3, -0.25) is 0 Å². The predicted molar refractivity (Wildman–Crippen MR) is 95.5 cm³/mol. The lowest BCUT2D eigenvalue weighted by atomic mass is 9.84. The second-order valence-electron chi connectivity index (χ2n) is 6.26. The molecule has 1 aliphatic rings. The molecule has 0 spiro atoms. The van der Waals surface area contributed by atoms with E-state index in [0.717, 1.165) is 0 Å². The van der Waals surface area contributed by atoms with Gasteiger partial charge in [0.1, 0.15) is 11.5 Å². The van der Waals surface area contributed by atoms with E-state index >= 15 is 0 Å². The van der Waals surface area contributed by atoms with Crippen LogP contribution in [0.5, 0.6) is 11.5 Å². The molecular formula is C18H22N2O4S+. The van der Waals surface area contributed by atoms with Gasteiger partial charge in [0.2, 0.25) is 0 Å². The Morgan fingerprint density at radius 3 is 2.24 bits per heavy atom. The Morgan fingerprint density at radius 1 is 0.960 bits per heavy atom. The number of hydrogen-bond donors (Lipinski definition) is 2. The van der Waals surface area contributed by atoms with E-state index in [-0.39, 0.29) is 10.6 Å². The maximum Gasteiger partial charge on any atom is 0.449 e. The van der Waals surface area contributed by atoms with Crippen molar-refractivity contribution in [3.05, 3.63) is 48.0 Å². The van der Waals surface area contributed by atoms with Gasteiger partial charge in [-0.2, -0.15) is 5.90 Å². The van der Waals surface area contributed by atoms with E-state index in [1.807, 2.05) is 12.1 Å². The largest absolute Gasteiger partial charge is 0.457 e. The Labute approximate surface area is 148 Å². The summed E-state index contributed by atoms with van der Waals surface area (Å²) in [5, 5.41) is 0. The number of nitrogens with two attached hydrogens (primary N) is 2. The molecule has 1 radical (unpaired) electrons. The molecule has 1 unspecified atom stereocenters. The molecule has 0 aromatic heterocycles. The van der Waals surface area contributed by atoms with Crippen molar-refractivity contribution in [2.24, 2.45) is 5.90 Å². The normalized spacial score (nSPS) is 17.8. The van der Waals surface area contributed by atoms with Gasteiger partial charge in [0, 0.05) is 6.07 Å². The molecule has 0 bridgehead atoms. The van der Waals surface area contributed by atoms with E-state index in [0.29, 0.717) is 17.4 Å². The predicted octanol–water partition coefficient (Wildman–Crippen LogP) is 4.12. The maximum absolute atomic E-state index is 11.8. The second kappa shape index (κ2) is 7.53. The molecule has 4 N–H and O–H groups in total. The number of rotatable bonds is 5. The summed E-state index contributed by atoms with van der Waals surface area (Å²) in [5.74, 6) is 6.40. The quantitative estimate of drug-likeness (QED) is 0.472. The lowest BCUT2D eigenvalue weighted by Gasteiger charge is -2.22. The molecule has 1 fully saturated rings. The smallest absolute Gasteiger partial charge is 0.449 e. The SMILES string of the molecule is NO[S+]([O])(=O)c1cc(Oc2ccc(C3CCCCC3)cc2)ccc1N. The monoisotopic (exact) mass is 362 g/mol. The van der Waals surface area contributed by atoms with Crippen LogP contribution in [-0.2, 0) is 23.5 Å². The molecule has 3 rings (SSSR count). The number of ether oxygens (including phenoxy) is 1. The Balaban J connectivity index is 1.76. The minimum atomic E-state index is -4.09. The summed E-state index contributed by atoms with van der Waals surface area (Å²) in [5.41, 5.74) is 7.05. The maximum atomic E-state index is 11.8. The lowest BCUT2D eigenvalue weighted by Crippen LogP contribution is -2.18. The van der Waals surface area contributed by atoms with E-state index in [2.05, 4.69) is 16.4 Å². The third-order valence-electron chi connectivity index (χ3n) is 4.57. The van der Waals surface area contributed by atoms with Crippen molar-refractivity contribution < 1.29 is 17.8 Å². The van der Waals surface area contributed by atoms with Crippen molar-refractivity contribution in [2.75, 3.05) is 5.73 Å². The lowest BCUT2D eigenvalue weighted by molar-refractivity contribution is 0.261. The van der Waals surface area contributed by atoms with E-state index < -0.39 is 10.5 Å². The van der Waals surface area contributed by atoms with Crippen molar-refractivity contribution in [1.82, 2.24) is 0 Å². The van der Waals surface area contributed by atoms with E-state index in [1.54, 1.807) is 6.07 Å². The third kappa shape index (κ3) is 4.19. The zero-order chi connectivity index (χ0) is 17.9.